The zero-order chi connectivity index (χ0) is 16.9. The monoisotopic (exact) mass is 324 g/mol. The van der Waals surface area contributed by atoms with Crippen LogP contribution in [0.5, 0.6) is 0 Å². The minimum atomic E-state index is -4.33. The van der Waals surface area contributed by atoms with E-state index < -0.39 is 36.6 Å². The lowest BCUT2D eigenvalue weighted by Gasteiger charge is -2.29. The lowest BCUT2D eigenvalue weighted by Crippen LogP contribution is -2.50. The van der Waals surface area contributed by atoms with Gasteiger partial charge < -0.3 is 15.7 Å². The van der Waals surface area contributed by atoms with Crippen LogP contribution in [0.1, 0.15) is 46.0 Å². The van der Waals surface area contributed by atoms with Gasteiger partial charge in [-0.15, -0.1) is 0 Å². The largest absolute Gasteiger partial charge is 0.481 e. The Morgan fingerprint density at radius 2 is 1.73 bits per heavy atom. The third-order valence-electron chi connectivity index (χ3n) is 3.98. The van der Waals surface area contributed by atoms with Gasteiger partial charge in [0.05, 0.1) is 12.3 Å². The number of carbonyl (C=O) groups excluding carboxylic acids is 1. The van der Waals surface area contributed by atoms with Gasteiger partial charge in [0.15, 0.2) is 0 Å². The summed E-state index contributed by atoms with van der Waals surface area (Å²) in [5.74, 6) is -1.57. The van der Waals surface area contributed by atoms with Crippen molar-refractivity contribution < 1.29 is 27.9 Å². The number of hydrogen-bond donors (Lipinski definition) is 3. The molecule has 1 atom stereocenters. The number of carboxylic acids is 1. The molecule has 1 aliphatic rings. The molecule has 8 heteroatoms. The van der Waals surface area contributed by atoms with Crippen LogP contribution < -0.4 is 10.6 Å². The van der Waals surface area contributed by atoms with Gasteiger partial charge in [-0.2, -0.15) is 13.2 Å². The Morgan fingerprint density at radius 3 is 2.14 bits per heavy atom. The molecule has 1 fully saturated rings. The number of rotatable bonds is 5. The van der Waals surface area contributed by atoms with Gasteiger partial charge in [-0.25, -0.2) is 4.79 Å². The van der Waals surface area contributed by atoms with Crippen molar-refractivity contribution in [3.63, 3.8) is 0 Å². The first kappa shape index (κ1) is 18.6. The van der Waals surface area contributed by atoms with Gasteiger partial charge in [0, 0.05) is 12.1 Å². The second kappa shape index (κ2) is 7.69. The summed E-state index contributed by atoms with van der Waals surface area (Å²) in [6, 6.07) is -1.79. The average molecular weight is 324 g/mol. The predicted molar refractivity (Wildman–Crippen MR) is 74.3 cm³/mol. The predicted octanol–water partition coefficient (Wildman–Crippen LogP) is 2.91. The molecule has 0 aromatic rings. The highest BCUT2D eigenvalue weighted by molar-refractivity contribution is 5.74. The van der Waals surface area contributed by atoms with Crippen LogP contribution in [0.3, 0.4) is 0 Å². The number of hydrogen-bond acceptors (Lipinski definition) is 2. The molecular weight excluding hydrogens is 301 g/mol. The minimum absolute atomic E-state index is 0.186. The van der Waals surface area contributed by atoms with Crippen molar-refractivity contribution in [1.29, 1.82) is 0 Å². The van der Waals surface area contributed by atoms with E-state index in [-0.39, 0.29) is 12.0 Å². The van der Waals surface area contributed by atoms with E-state index in [1.165, 1.54) is 0 Å². The molecule has 1 aliphatic carbocycles. The van der Waals surface area contributed by atoms with Crippen molar-refractivity contribution in [3.8, 4) is 0 Å². The fraction of sp³-hybridized carbons (Fsp3) is 0.857. The van der Waals surface area contributed by atoms with E-state index in [4.69, 9.17) is 5.11 Å². The molecule has 0 aromatic heterocycles. The van der Waals surface area contributed by atoms with Crippen molar-refractivity contribution in [2.75, 3.05) is 0 Å². The normalized spacial score (nSPS) is 23.9. The first-order valence-electron chi connectivity index (χ1n) is 7.45. The van der Waals surface area contributed by atoms with Gasteiger partial charge >= 0.3 is 18.2 Å². The highest BCUT2D eigenvalue weighted by atomic mass is 19.4. The van der Waals surface area contributed by atoms with E-state index in [1.54, 1.807) is 13.8 Å². The van der Waals surface area contributed by atoms with Gasteiger partial charge in [-0.05, 0) is 31.6 Å². The van der Waals surface area contributed by atoms with E-state index in [9.17, 15) is 22.8 Å². The molecule has 0 bridgehead atoms. The van der Waals surface area contributed by atoms with Crippen LogP contribution in [-0.4, -0.2) is 35.4 Å². The van der Waals surface area contributed by atoms with Crippen LogP contribution in [-0.2, 0) is 4.79 Å². The van der Waals surface area contributed by atoms with Gasteiger partial charge in [0.2, 0.25) is 0 Å². The number of amides is 2. The van der Waals surface area contributed by atoms with Crippen LogP contribution >= 0.6 is 0 Å². The Balaban J connectivity index is 2.43. The molecule has 5 nitrogen and oxygen atoms in total. The van der Waals surface area contributed by atoms with Crippen LogP contribution in [0.2, 0.25) is 0 Å². The molecule has 0 heterocycles. The molecule has 3 N–H and O–H groups in total. The van der Waals surface area contributed by atoms with E-state index in [0.717, 1.165) is 0 Å². The molecule has 22 heavy (non-hydrogen) atoms. The quantitative estimate of drug-likeness (QED) is 0.727. The third kappa shape index (κ3) is 6.53. The molecule has 1 saturated carbocycles. The molecule has 2 amide bonds. The molecule has 0 spiro atoms. The maximum Gasteiger partial charge on any atom is 0.391 e. The summed E-state index contributed by atoms with van der Waals surface area (Å²) in [5.41, 5.74) is 0. The summed E-state index contributed by atoms with van der Waals surface area (Å²) in [7, 11) is 0. The van der Waals surface area contributed by atoms with Crippen molar-refractivity contribution in [3.05, 3.63) is 0 Å². The minimum Gasteiger partial charge on any atom is -0.481 e. The van der Waals surface area contributed by atoms with E-state index in [0.29, 0.717) is 25.7 Å². The Kier molecular flexibility index (Phi) is 6.49. The van der Waals surface area contributed by atoms with Gasteiger partial charge in [-0.1, -0.05) is 13.8 Å². The first-order chi connectivity index (χ1) is 10.1. The Bertz CT molecular complexity index is 391. The van der Waals surface area contributed by atoms with Gasteiger partial charge in [0.1, 0.15) is 0 Å². The molecule has 0 aromatic carbocycles. The van der Waals surface area contributed by atoms with E-state index in [2.05, 4.69) is 10.6 Å². The van der Waals surface area contributed by atoms with Crippen molar-refractivity contribution in [1.82, 2.24) is 10.6 Å². The van der Waals surface area contributed by atoms with Crippen LogP contribution in [0.15, 0.2) is 0 Å². The van der Waals surface area contributed by atoms with E-state index in [1.807, 2.05) is 0 Å². The Morgan fingerprint density at radius 1 is 1.18 bits per heavy atom. The molecule has 0 radical (unpaired) electrons. The number of halogens is 3. The third-order valence-corrected chi connectivity index (χ3v) is 3.98. The molecule has 0 aliphatic heterocycles. The number of aliphatic carboxylic acids is 1. The van der Waals surface area contributed by atoms with Crippen molar-refractivity contribution >= 4 is 12.0 Å². The maximum absolute atomic E-state index is 12.5. The van der Waals surface area contributed by atoms with Gasteiger partial charge in [0.25, 0.3) is 0 Å². The maximum atomic E-state index is 12.5. The highest BCUT2D eigenvalue weighted by Crippen LogP contribution is 2.26. The summed E-state index contributed by atoms with van der Waals surface area (Å²) >= 11 is 0. The highest BCUT2D eigenvalue weighted by Gasteiger charge is 2.34. The van der Waals surface area contributed by atoms with Crippen molar-refractivity contribution in [2.45, 2.75) is 64.2 Å². The molecule has 1 unspecified atom stereocenters. The van der Waals surface area contributed by atoms with E-state index >= 15 is 0 Å². The standard InChI is InChI=1S/C14H23F3N2O3/c1-8(2)11(7-14(15,16)17)19-13(22)18-10-5-3-9(4-6-10)12(20)21/h8-11H,3-7H2,1-2H3,(H,20,21)(H2,18,19,22). The second-order valence-corrected chi connectivity index (χ2v) is 6.17. The van der Waals surface area contributed by atoms with Crippen LogP contribution in [0.4, 0.5) is 18.0 Å². The van der Waals surface area contributed by atoms with Gasteiger partial charge in [-0.3, -0.25) is 4.79 Å². The number of carboxylic acid groups (broad SMARTS) is 1. The number of urea groups is 1. The Hall–Kier alpha value is -1.47. The topological polar surface area (TPSA) is 78.4 Å². The molecule has 1 rings (SSSR count). The SMILES string of the molecule is CC(C)C(CC(F)(F)F)NC(=O)NC1CCC(C(=O)O)CC1. The van der Waals surface area contributed by atoms with Crippen LogP contribution in [0.25, 0.3) is 0 Å². The number of alkyl halides is 3. The fourth-order valence-corrected chi connectivity index (χ4v) is 2.58. The average Bonchev–Trinajstić information content (AvgIpc) is 2.36. The Labute approximate surface area is 127 Å². The second-order valence-electron chi connectivity index (χ2n) is 6.17. The smallest absolute Gasteiger partial charge is 0.391 e. The lowest BCUT2D eigenvalue weighted by molar-refractivity contribution is -0.143. The molecule has 0 saturated heterocycles. The molecular formula is C14H23F3N2O3. The summed E-state index contributed by atoms with van der Waals surface area (Å²) < 4.78 is 37.4. The summed E-state index contributed by atoms with van der Waals surface area (Å²) in [6.07, 6.45) is -3.41. The summed E-state index contributed by atoms with van der Waals surface area (Å²) in [5, 5.41) is 13.9. The summed E-state index contributed by atoms with van der Waals surface area (Å²) in [6.45, 7) is 3.24. The zero-order valence-electron chi connectivity index (χ0n) is 12.7. The number of carbonyl (C=O) groups is 2. The number of nitrogens with one attached hydrogen (secondary N) is 2. The van der Waals surface area contributed by atoms with Crippen LogP contribution in [0, 0.1) is 11.8 Å². The zero-order valence-corrected chi connectivity index (χ0v) is 12.7. The molecule has 128 valence electrons. The fourth-order valence-electron chi connectivity index (χ4n) is 2.58. The van der Waals surface area contributed by atoms with Crippen molar-refractivity contribution in [2.24, 2.45) is 11.8 Å². The first-order valence-corrected chi connectivity index (χ1v) is 7.45. The summed E-state index contributed by atoms with van der Waals surface area (Å²) in [4.78, 5) is 22.7. The lowest BCUT2D eigenvalue weighted by atomic mass is 9.86.